The van der Waals surface area contributed by atoms with E-state index in [1.807, 2.05) is 29.1 Å². The Balaban J connectivity index is 1.32. The van der Waals surface area contributed by atoms with Crippen molar-refractivity contribution in [1.29, 1.82) is 0 Å². The minimum Gasteiger partial charge on any atom is -0.352 e. The molecule has 2 aliphatic rings. The Morgan fingerprint density at radius 2 is 2.16 bits per heavy atom. The third-order valence-electron chi connectivity index (χ3n) is 4.96. The summed E-state index contributed by atoms with van der Waals surface area (Å²) in [5, 5.41) is 10.8. The molecule has 4 rings (SSSR count). The zero-order valence-corrected chi connectivity index (χ0v) is 14.0. The van der Waals surface area contributed by atoms with E-state index in [1.165, 1.54) is 0 Å². The van der Waals surface area contributed by atoms with Crippen LogP contribution in [-0.2, 0) is 4.79 Å². The standard InChI is InChI=1S/C18H22N6O/c25-18(17-2-1-8-20-17)23-14-3-5-15(6-4-14)24-11-13(10-22-24)16-7-9-19-12-21-16/h1-2,7,9-12,14-15,17,20H,3-6,8H2,(H,23,25). The molecule has 1 aliphatic heterocycles. The van der Waals surface area contributed by atoms with Gasteiger partial charge in [0.15, 0.2) is 0 Å². The first-order valence-electron chi connectivity index (χ1n) is 8.80. The van der Waals surface area contributed by atoms with Gasteiger partial charge in [-0.3, -0.25) is 14.8 Å². The second-order valence-corrected chi connectivity index (χ2v) is 6.63. The molecule has 0 saturated heterocycles. The Morgan fingerprint density at radius 3 is 2.88 bits per heavy atom. The highest BCUT2D eigenvalue weighted by molar-refractivity contribution is 5.84. The highest BCUT2D eigenvalue weighted by atomic mass is 16.2. The SMILES string of the molecule is O=C(NC1CCC(n2cc(-c3ccncn3)cn2)CC1)C1C=CCN1. The molecule has 2 aromatic rings. The number of hydrogen-bond acceptors (Lipinski definition) is 5. The lowest BCUT2D eigenvalue weighted by Crippen LogP contribution is -2.46. The van der Waals surface area contributed by atoms with Crippen LogP contribution in [0.1, 0.15) is 31.7 Å². The number of rotatable bonds is 4. The molecule has 7 nitrogen and oxygen atoms in total. The highest BCUT2D eigenvalue weighted by Gasteiger charge is 2.26. The van der Waals surface area contributed by atoms with Crippen molar-refractivity contribution >= 4 is 5.91 Å². The van der Waals surface area contributed by atoms with Gasteiger partial charge >= 0.3 is 0 Å². The quantitative estimate of drug-likeness (QED) is 0.825. The second-order valence-electron chi connectivity index (χ2n) is 6.63. The first-order chi connectivity index (χ1) is 12.3. The van der Waals surface area contributed by atoms with Gasteiger partial charge in [-0.25, -0.2) is 9.97 Å². The summed E-state index contributed by atoms with van der Waals surface area (Å²) in [6, 6.07) is 2.36. The van der Waals surface area contributed by atoms with Crippen LogP contribution in [0.15, 0.2) is 43.1 Å². The summed E-state index contributed by atoms with van der Waals surface area (Å²) in [6.07, 6.45) is 15.1. The van der Waals surface area contributed by atoms with Crippen LogP contribution in [0.25, 0.3) is 11.3 Å². The van der Waals surface area contributed by atoms with Crippen molar-refractivity contribution in [2.45, 2.75) is 43.8 Å². The summed E-state index contributed by atoms with van der Waals surface area (Å²) < 4.78 is 2.04. The number of carbonyl (C=O) groups is 1. The van der Waals surface area contributed by atoms with Crippen molar-refractivity contribution in [3.05, 3.63) is 43.1 Å². The third-order valence-corrected chi connectivity index (χ3v) is 4.96. The van der Waals surface area contributed by atoms with Crippen LogP contribution >= 0.6 is 0 Å². The fraction of sp³-hybridized carbons (Fsp3) is 0.444. The van der Waals surface area contributed by atoms with Crippen molar-refractivity contribution in [2.24, 2.45) is 0 Å². The van der Waals surface area contributed by atoms with Gasteiger partial charge in [0.2, 0.25) is 5.91 Å². The minimum absolute atomic E-state index is 0.0855. The van der Waals surface area contributed by atoms with E-state index in [-0.39, 0.29) is 18.0 Å². The topological polar surface area (TPSA) is 84.7 Å². The fourth-order valence-electron chi connectivity index (χ4n) is 3.55. The first-order valence-corrected chi connectivity index (χ1v) is 8.80. The molecule has 1 atom stereocenters. The molecular weight excluding hydrogens is 316 g/mol. The van der Waals surface area contributed by atoms with Crippen LogP contribution in [0.3, 0.4) is 0 Å². The summed E-state index contributed by atoms with van der Waals surface area (Å²) in [4.78, 5) is 20.4. The molecule has 0 spiro atoms. The van der Waals surface area contributed by atoms with E-state index < -0.39 is 0 Å². The van der Waals surface area contributed by atoms with Crippen LogP contribution < -0.4 is 10.6 Å². The molecule has 0 radical (unpaired) electrons. The number of nitrogens with one attached hydrogen (secondary N) is 2. The summed E-state index contributed by atoms with van der Waals surface area (Å²) in [6.45, 7) is 0.777. The zero-order chi connectivity index (χ0) is 17.1. The van der Waals surface area contributed by atoms with Gasteiger partial charge in [0.05, 0.1) is 17.9 Å². The van der Waals surface area contributed by atoms with Crippen LogP contribution in [0.4, 0.5) is 0 Å². The Kier molecular flexibility index (Phi) is 4.56. The second kappa shape index (κ2) is 7.14. The molecule has 1 amide bonds. The molecule has 25 heavy (non-hydrogen) atoms. The van der Waals surface area contributed by atoms with E-state index in [0.29, 0.717) is 6.04 Å². The molecule has 1 unspecified atom stereocenters. The molecule has 7 heteroatoms. The Bertz CT molecular complexity index is 748. The van der Waals surface area contributed by atoms with Crippen molar-refractivity contribution in [1.82, 2.24) is 30.4 Å². The first kappa shape index (κ1) is 16.0. The van der Waals surface area contributed by atoms with Crippen LogP contribution in [0, 0.1) is 0 Å². The average Bonchev–Trinajstić information content (AvgIpc) is 3.35. The van der Waals surface area contributed by atoms with Crippen molar-refractivity contribution in [3.8, 4) is 11.3 Å². The monoisotopic (exact) mass is 338 g/mol. The van der Waals surface area contributed by atoms with E-state index >= 15 is 0 Å². The van der Waals surface area contributed by atoms with Gasteiger partial charge < -0.3 is 5.32 Å². The molecule has 0 bridgehead atoms. The maximum Gasteiger partial charge on any atom is 0.241 e. The maximum atomic E-state index is 12.2. The molecule has 1 aliphatic carbocycles. The third kappa shape index (κ3) is 3.61. The number of amides is 1. The van der Waals surface area contributed by atoms with E-state index in [2.05, 4.69) is 31.9 Å². The molecule has 2 N–H and O–H groups in total. The molecule has 1 saturated carbocycles. The number of hydrogen-bond donors (Lipinski definition) is 2. The summed E-state index contributed by atoms with van der Waals surface area (Å²) in [7, 11) is 0. The van der Waals surface area contributed by atoms with E-state index in [4.69, 9.17) is 0 Å². The molecule has 130 valence electrons. The average molecular weight is 338 g/mol. The summed E-state index contributed by atoms with van der Waals surface area (Å²) in [5.41, 5.74) is 1.90. The lowest BCUT2D eigenvalue weighted by Gasteiger charge is -2.29. The van der Waals surface area contributed by atoms with Gasteiger partial charge in [-0.1, -0.05) is 12.2 Å². The Labute approximate surface area is 146 Å². The molecule has 3 heterocycles. The van der Waals surface area contributed by atoms with Crippen molar-refractivity contribution in [3.63, 3.8) is 0 Å². The number of carbonyl (C=O) groups excluding carboxylic acids is 1. The number of nitrogens with zero attached hydrogens (tertiary/aromatic N) is 4. The van der Waals surface area contributed by atoms with E-state index in [1.54, 1.807) is 12.5 Å². The molecule has 0 aromatic carbocycles. The van der Waals surface area contributed by atoms with Crippen molar-refractivity contribution in [2.75, 3.05) is 6.54 Å². The van der Waals surface area contributed by atoms with E-state index in [9.17, 15) is 4.79 Å². The normalized spacial score (nSPS) is 25.8. The largest absolute Gasteiger partial charge is 0.352 e. The van der Waals surface area contributed by atoms with Crippen molar-refractivity contribution < 1.29 is 4.79 Å². The van der Waals surface area contributed by atoms with Crippen LogP contribution in [0.2, 0.25) is 0 Å². The van der Waals surface area contributed by atoms with Crippen LogP contribution in [-0.4, -0.2) is 44.3 Å². The zero-order valence-electron chi connectivity index (χ0n) is 14.0. The molecule has 1 fully saturated rings. The van der Waals surface area contributed by atoms with Gasteiger partial charge in [-0.15, -0.1) is 0 Å². The minimum atomic E-state index is -0.167. The molecule has 2 aromatic heterocycles. The Hall–Kier alpha value is -2.54. The predicted molar refractivity (Wildman–Crippen MR) is 93.6 cm³/mol. The highest BCUT2D eigenvalue weighted by Crippen LogP contribution is 2.29. The Morgan fingerprint density at radius 1 is 1.28 bits per heavy atom. The van der Waals surface area contributed by atoms with Gasteiger partial charge in [0, 0.05) is 30.5 Å². The lowest BCUT2D eigenvalue weighted by molar-refractivity contribution is -0.122. The summed E-state index contributed by atoms with van der Waals surface area (Å²) in [5.74, 6) is 0.0855. The van der Waals surface area contributed by atoms with Gasteiger partial charge in [-0.05, 0) is 31.7 Å². The smallest absolute Gasteiger partial charge is 0.241 e. The predicted octanol–water partition coefficient (Wildman–Crippen LogP) is 1.47. The number of aromatic nitrogens is 4. The van der Waals surface area contributed by atoms with Gasteiger partial charge in [0.1, 0.15) is 12.4 Å². The van der Waals surface area contributed by atoms with Crippen LogP contribution in [0.5, 0.6) is 0 Å². The summed E-state index contributed by atoms with van der Waals surface area (Å²) >= 11 is 0. The maximum absolute atomic E-state index is 12.2. The van der Waals surface area contributed by atoms with E-state index in [0.717, 1.165) is 43.5 Å². The van der Waals surface area contributed by atoms with Gasteiger partial charge in [-0.2, -0.15) is 5.10 Å². The van der Waals surface area contributed by atoms with Gasteiger partial charge in [0.25, 0.3) is 0 Å². The lowest BCUT2D eigenvalue weighted by atomic mass is 9.91. The molecular formula is C18H22N6O. The fourth-order valence-corrected chi connectivity index (χ4v) is 3.55.